The Morgan fingerprint density at radius 3 is 2.61 bits per heavy atom. The summed E-state index contributed by atoms with van der Waals surface area (Å²) in [7, 11) is 2.04. The summed E-state index contributed by atoms with van der Waals surface area (Å²) in [4.78, 5) is 2.15. The normalized spacial score (nSPS) is 10.1. The molecular weight excluding hydrogens is 224 g/mol. The van der Waals surface area contributed by atoms with Crippen molar-refractivity contribution in [2.75, 3.05) is 18.5 Å². The number of nitrogens with zero attached hydrogens (tertiary/aromatic N) is 4. The molecule has 0 spiro atoms. The number of aryl methyl sites for hydroxylation is 1. The van der Waals surface area contributed by atoms with Crippen LogP contribution in [-0.2, 0) is 6.54 Å². The first-order chi connectivity index (χ1) is 8.69. The highest BCUT2D eigenvalue weighted by atomic mass is 15.3. The summed E-state index contributed by atoms with van der Waals surface area (Å²) in [5.41, 5.74) is 2.98. The first-order valence-electron chi connectivity index (χ1n) is 5.89. The number of anilines is 1. The molecule has 1 aromatic carbocycles. The van der Waals surface area contributed by atoms with Crippen LogP contribution in [-0.4, -0.2) is 23.4 Å². The van der Waals surface area contributed by atoms with Gasteiger partial charge in [-0.05, 0) is 36.8 Å². The zero-order chi connectivity index (χ0) is 13.0. The van der Waals surface area contributed by atoms with Gasteiger partial charge >= 0.3 is 0 Å². The summed E-state index contributed by atoms with van der Waals surface area (Å²) in [6.07, 6.45) is 3.90. The van der Waals surface area contributed by atoms with E-state index in [0.29, 0.717) is 5.56 Å². The molecule has 1 heterocycles. The SMILES string of the molecule is Cc1cnn(CCN(C)c2ccc(C#N)cc2)c1. The van der Waals surface area contributed by atoms with Gasteiger partial charge < -0.3 is 4.90 Å². The van der Waals surface area contributed by atoms with E-state index in [9.17, 15) is 0 Å². The zero-order valence-electron chi connectivity index (χ0n) is 10.7. The topological polar surface area (TPSA) is 44.9 Å². The second-order valence-electron chi connectivity index (χ2n) is 4.36. The van der Waals surface area contributed by atoms with Gasteiger partial charge in [0.15, 0.2) is 0 Å². The van der Waals surface area contributed by atoms with E-state index >= 15 is 0 Å². The van der Waals surface area contributed by atoms with Crippen LogP contribution >= 0.6 is 0 Å². The first-order valence-corrected chi connectivity index (χ1v) is 5.89. The van der Waals surface area contributed by atoms with Gasteiger partial charge in [0.2, 0.25) is 0 Å². The van der Waals surface area contributed by atoms with Gasteiger partial charge in [0.1, 0.15) is 0 Å². The van der Waals surface area contributed by atoms with Gasteiger partial charge in [0, 0.05) is 25.5 Å². The Bertz CT molecular complexity index is 548. The van der Waals surface area contributed by atoms with Crippen molar-refractivity contribution in [2.45, 2.75) is 13.5 Å². The van der Waals surface area contributed by atoms with Crippen molar-refractivity contribution in [3.8, 4) is 6.07 Å². The number of hydrogen-bond acceptors (Lipinski definition) is 3. The maximum absolute atomic E-state index is 8.75. The smallest absolute Gasteiger partial charge is 0.0991 e. The van der Waals surface area contributed by atoms with Gasteiger partial charge in [0.25, 0.3) is 0 Å². The Balaban J connectivity index is 1.95. The van der Waals surface area contributed by atoms with Crippen LogP contribution in [0, 0.1) is 18.3 Å². The van der Waals surface area contributed by atoms with Crippen LogP contribution in [0.3, 0.4) is 0 Å². The number of aromatic nitrogens is 2. The number of nitriles is 1. The van der Waals surface area contributed by atoms with Gasteiger partial charge in [-0.15, -0.1) is 0 Å². The van der Waals surface area contributed by atoms with Crippen molar-refractivity contribution in [1.29, 1.82) is 5.26 Å². The molecule has 0 unspecified atom stereocenters. The van der Waals surface area contributed by atoms with Crippen molar-refractivity contribution < 1.29 is 0 Å². The molecule has 0 bridgehead atoms. The fourth-order valence-electron chi connectivity index (χ4n) is 1.76. The quantitative estimate of drug-likeness (QED) is 0.823. The van der Waals surface area contributed by atoms with Crippen LogP contribution < -0.4 is 4.90 Å². The Kier molecular flexibility index (Phi) is 3.63. The predicted octanol–water partition coefficient (Wildman–Crippen LogP) is 2.20. The highest BCUT2D eigenvalue weighted by Crippen LogP contribution is 2.13. The Labute approximate surface area is 107 Å². The lowest BCUT2D eigenvalue weighted by Crippen LogP contribution is -2.22. The Hall–Kier alpha value is -2.28. The van der Waals surface area contributed by atoms with E-state index in [1.54, 1.807) is 0 Å². The maximum atomic E-state index is 8.75. The molecule has 0 fully saturated rings. The summed E-state index contributed by atoms with van der Waals surface area (Å²) in [6.45, 7) is 3.77. The lowest BCUT2D eigenvalue weighted by atomic mass is 10.2. The molecule has 2 aromatic rings. The summed E-state index contributed by atoms with van der Waals surface area (Å²) < 4.78 is 1.94. The van der Waals surface area contributed by atoms with E-state index in [-0.39, 0.29) is 0 Å². The molecule has 1 aromatic heterocycles. The Morgan fingerprint density at radius 1 is 1.33 bits per heavy atom. The average Bonchev–Trinajstić information content (AvgIpc) is 2.82. The molecule has 0 saturated carbocycles. The van der Waals surface area contributed by atoms with Crippen LogP contribution in [0.15, 0.2) is 36.7 Å². The highest BCUT2D eigenvalue weighted by Gasteiger charge is 2.02. The van der Waals surface area contributed by atoms with E-state index in [0.717, 1.165) is 18.8 Å². The van der Waals surface area contributed by atoms with E-state index in [1.165, 1.54) is 5.56 Å². The molecule has 0 aliphatic heterocycles. The number of rotatable bonds is 4. The van der Waals surface area contributed by atoms with Gasteiger partial charge in [0.05, 0.1) is 24.4 Å². The van der Waals surface area contributed by atoms with Gasteiger partial charge in [-0.3, -0.25) is 4.68 Å². The molecule has 4 nitrogen and oxygen atoms in total. The molecule has 0 saturated heterocycles. The van der Waals surface area contributed by atoms with E-state index < -0.39 is 0 Å². The van der Waals surface area contributed by atoms with Crippen molar-refractivity contribution in [3.63, 3.8) is 0 Å². The van der Waals surface area contributed by atoms with Crippen molar-refractivity contribution in [3.05, 3.63) is 47.8 Å². The van der Waals surface area contributed by atoms with Gasteiger partial charge in [-0.25, -0.2) is 0 Å². The van der Waals surface area contributed by atoms with Gasteiger partial charge in [-0.2, -0.15) is 10.4 Å². The minimum atomic E-state index is 0.690. The third kappa shape index (κ3) is 2.89. The molecule has 4 heteroatoms. The maximum Gasteiger partial charge on any atom is 0.0991 e. The van der Waals surface area contributed by atoms with Crippen LogP contribution in [0.1, 0.15) is 11.1 Å². The molecular formula is C14H16N4. The summed E-state index contributed by atoms with van der Waals surface area (Å²) in [5, 5.41) is 13.0. The molecule has 92 valence electrons. The molecule has 0 atom stereocenters. The van der Waals surface area contributed by atoms with Crippen molar-refractivity contribution in [2.24, 2.45) is 0 Å². The van der Waals surface area contributed by atoms with E-state index in [4.69, 9.17) is 5.26 Å². The first kappa shape index (κ1) is 12.2. The molecule has 0 radical (unpaired) electrons. The van der Waals surface area contributed by atoms with Crippen LogP contribution in [0.2, 0.25) is 0 Å². The van der Waals surface area contributed by atoms with Crippen molar-refractivity contribution in [1.82, 2.24) is 9.78 Å². The molecule has 0 aliphatic rings. The second kappa shape index (κ2) is 5.37. The van der Waals surface area contributed by atoms with Crippen LogP contribution in [0.4, 0.5) is 5.69 Å². The van der Waals surface area contributed by atoms with E-state index in [1.807, 2.05) is 55.3 Å². The highest BCUT2D eigenvalue weighted by molar-refractivity contribution is 5.48. The number of benzene rings is 1. The molecule has 18 heavy (non-hydrogen) atoms. The zero-order valence-corrected chi connectivity index (χ0v) is 10.7. The number of hydrogen-bond donors (Lipinski definition) is 0. The minimum absolute atomic E-state index is 0.690. The lowest BCUT2D eigenvalue weighted by Gasteiger charge is -2.19. The standard InChI is InChI=1S/C14H16N4/c1-12-10-16-18(11-12)8-7-17(2)14-5-3-13(9-15)4-6-14/h3-6,10-11H,7-8H2,1-2H3. The molecule has 0 amide bonds. The molecule has 0 aliphatic carbocycles. The third-order valence-corrected chi connectivity index (χ3v) is 2.86. The van der Waals surface area contributed by atoms with Gasteiger partial charge in [-0.1, -0.05) is 0 Å². The molecule has 2 rings (SSSR count). The van der Waals surface area contributed by atoms with Crippen LogP contribution in [0.5, 0.6) is 0 Å². The largest absolute Gasteiger partial charge is 0.373 e. The third-order valence-electron chi connectivity index (χ3n) is 2.86. The lowest BCUT2D eigenvalue weighted by molar-refractivity contribution is 0.611. The second-order valence-corrected chi connectivity index (χ2v) is 4.36. The summed E-state index contributed by atoms with van der Waals surface area (Å²) >= 11 is 0. The van der Waals surface area contributed by atoms with Crippen LogP contribution in [0.25, 0.3) is 0 Å². The summed E-state index contributed by atoms with van der Waals surface area (Å²) in [5.74, 6) is 0. The fourth-order valence-corrected chi connectivity index (χ4v) is 1.76. The monoisotopic (exact) mass is 240 g/mol. The van der Waals surface area contributed by atoms with E-state index in [2.05, 4.69) is 16.1 Å². The molecule has 0 N–H and O–H groups in total. The number of likely N-dealkylation sites (N-methyl/N-ethyl adjacent to an activating group) is 1. The van der Waals surface area contributed by atoms with Crippen molar-refractivity contribution >= 4 is 5.69 Å². The Morgan fingerprint density at radius 2 is 2.06 bits per heavy atom. The fraction of sp³-hybridized carbons (Fsp3) is 0.286. The minimum Gasteiger partial charge on any atom is -0.373 e. The average molecular weight is 240 g/mol. The summed E-state index contributed by atoms with van der Waals surface area (Å²) in [6, 6.07) is 9.73. The predicted molar refractivity (Wildman–Crippen MR) is 71.4 cm³/mol.